The fourth-order valence-electron chi connectivity index (χ4n) is 3.12. The van der Waals surface area contributed by atoms with Crippen LogP contribution in [0.4, 0.5) is 5.95 Å². The monoisotopic (exact) mass is 302 g/mol. The number of aromatic nitrogens is 3. The summed E-state index contributed by atoms with van der Waals surface area (Å²) in [5, 5.41) is 13.8. The average molecular weight is 302 g/mol. The summed E-state index contributed by atoms with van der Waals surface area (Å²) >= 11 is 0. The molecule has 6 heteroatoms. The highest BCUT2D eigenvalue weighted by Crippen LogP contribution is 2.23. The Labute approximate surface area is 129 Å². The second-order valence-corrected chi connectivity index (χ2v) is 6.26. The summed E-state index contributed by atoms with van der Waals surface area (Å²) in [6.45, 7) is 2.32. The van der Waals surface area contributed by atoms with Gasteiger partial charge in [-0.15, -0.1) is 4.73 Å². The zero-order valence-electron chi connectivity index (χ0n) is 12.8. The Hall–Kier alpha value is -2.11. The van der Waals surface area contributed by atoms with E-state index in [1.807, 2.05) is 0 Å². The van der Waals surface area contributed by atoms with E-state index in [1.54, 1.807) is 12.3 Å². The SMILES string of the molecule is CC1CCCC(Nc2ncc3ccc(=O)n(O)c3n2)CCC1. The van der Waals surface area contributed by atoms with Crippen molar-refractivity contribution in [3.05, 3.63) is 28.7 Å². The minimum Gasteiger partial charge on any atom is -0.423 e. The number of nitrogens with zero attached hydrogens (tertiary/aromatic N) is 3. The third-order valence-electron chi connectivity index (χ3n) is 4.44. The van der Waals surface area contributed by atoms with Gasteiger partial charge < -0.3 is 10.5 Å². The Morgan fingerprint density at radius 1 is 1.23 bits per heavy atom. The molecule has 0 unspecified atom stereocenters. The topological polar surface area (TPSA) is 80.0 Å². The molecule has 2 heterocycles. The molecule has 1 saturated carbocycles. The number of fused-ring (bicyclic) bond motifs is 1. The molecule has 0 aromatic carbocycles. The first kappa shape index (κ1) is 14.8. The Morgan fingerprint density at radius 2 is 1.95 bits per heavy atom. The van der Waals surface area contributed by atoms with Crippen molar-refractivity contribution in [2.75, 3.05) is 5.32 Å². The molecule has 2 aromatic heterocycles. The van der Waals surface area contributed by atoms with Gasteiger partial charge in [0.25, 0.3) is 5.56 Å². The predicted octanol–water partition coefficient (Wildman–Crippen LogP) is 2.80. The van der Waals surface area contributed by atoms with Gasteiger partial charge in [-0.1, -0.05) is 32.6 Å². The third-order valence-corrected chi connectivity index (χ3v) is 4.44. The molecule has 0 saturated heterocycles. The van der Waals surface area contributed by atoms with Gasteiger partial charge in [0, 0.05) is 23.7 Å². The standard InChI is InChI=1S/C16H22N4O2/c1-11-4-2-6-13(7-3-5-11)18-16-17-10-12-8-9-14(21)20(22)15(12)19-16/h8-11,13,22H,2-7H2,1H3,(H,17,18,19). The van der Waals surface area contributed by atoms with Crippen molar-refractivity contribution >= 4 is 17.0 Å². The van der Waals surface area contributed by atoms with Gasteiger partial charge in [-0.3, -0.25) is 4.79 Å². The summed E-state index contributed by atoms with van der Waals surface area (Å²) in [6, 6.07) is 3.27. The molecular weight excluding hydrogens is 280 g/mol. The van der Waals surface area contributed by atoms with Crippen LogP contribution in [0.15, 0.2) is 23.1 Å². The van der Waals surface area contributed by atoms with Crippen molar-refractivity contribution in [3.8, 4) is 0 Å². The molecule has 0 amide bonds. The molecule has 1 aliphatic carbocycles. The van der Waals surface area contributed by atoms with Crippen molar-refractivity contribution in [1.82, 2.24) is 14.7 Å². The van der Waals surface area contributed by atoms with Crippen molar-refractivity contribution in [1.29, 1.82) is 0 Å². The molecule has 2 aromatic rings. The maximum Gasteiger partial charge on any atom is 0.284 e. The van der Waals surface area contributed by atoms with E-state index in [0.29, 0.717) is 22.1 Å². The molecule has 0 aliphatic heterocycles. The van der Waals surface area contributed by atoms with E-state index in [2.05, 4.69) is 22.2 Å². The van der Waals surface area contributed by atoms with Crippen LogP contribution >= 0.6 is 0 Å². The normalized spacial score (nSPS) is 23.0. The van der Waals surface area contributed by atoms with E-state index in [-0.39, 0.29) is 5.65 Å². The van der Waals surface area contributed by atoms with Gasteiger partial charge in [0.2, 0.25) is 5.95 Å². The molecule has 3 rings (SSSR count). The molecule has 0 atom stereocenters. The fourth-order valence-corrected chi connectivity index (χ4v) is 3.12. The van der Waals surface area contributed by atoms with Crippen LogP contribution in [0.2, 0.25) is 0 Å². The molecule has 6 nitrogen and oxygen atoms in total. The zero-order chi connectivity index (χ0) is 15.5. The van der Waals surface area contributed by atoms with Crippen molar-refractivity contribution < 1.29 is 5.21 Å². The van der Waals surface area contributed by atoms with Gasteiger partial charge in [-0.05, 0) is 24.8 Å². The first-order chi connectivity index (χ1) is 10.6. The van der Waals surface area contributed by atoms with Crippen LogP contribution in [0.25, 0.3) is 11.0 Å². The summed E-state index contributed by atoms with van der Waals surface area (Å²) in [4.78, 5) is 20.1. The molecule has 118 valence electrons. The van der Waals surface area contributed by atoms with E-state index >= 15 is 0 Å². The molecule has 0 radical (unpaired) electrons. The summed E-state index contributed by atoms with van der Waals surface area (Å²) in [6.07, 6.45) is 8.79. The fraction of sp³-hybridized carbons (Fsp3) is 0.562. The highest BCUT2D eigenvalue weighted by Gasteiger charge is 2.15. The molecule has 1 fully saturated rings. The van der Waals surface area contributed by atoms with Gasteiger partial charge in [-0.25, -0.2) is 4.98 Å². The van der Waals surface area contributed by atoms with E-state index in [1.165, 1.54) is 31.7 Å². The Morgan fingerprint density at radius 3 is 2.68 bits per heavy atom. The summed E-state index contributed by atoms with van der Waals surface area (Å²) in [7, 11) is 0. The van der Waals surface area contributed by atoms with E-state index in [9.17, 15) is 10.0 Å². The van der Waals surface area contributed by atoms with E-state index in [0.717, 1.165) is 18.8 Å². The average Bonchev–Trinajstić information content (AvgIpc) is 2.49. The summed E-state index contributed by atoms with van der Waals surface area (Å²) in [5.41, 5.74) is -0.249. The number of anilines is 1. The van der Waals surface area contributed by atoms with Crippen LogP contribution in [0, 0.1) is 5.92 Å². The lowest BCUT2D eigenvalue weighted by atomic mass is 9.90. The number of hydrogen-bond acceptors (Lipinski definition) is 5. The molecular formula is C16H22N4O2. The molecule has 2 N–H and O–H groups in total. The Bertz CT molecular complexity index is 703. The third kappa shape index (κ3) is 3.21. The van der Waals surface area contributed by atoms with Crippen LogP contribution in [0.1, 0.15) is 45.4 Å². The first-order valence-electron chi connectivity index (χ1n) is 7.98. The number of pyridine rings is 1. The second-order valence-electron chi connectivity index (χ2n) is 6.26. The van der Waals surface area contributed by atoms with Crippen LogP contribution in [0.5, 0.6) is 0 Å². The number of hydrogen-bond donors (Lipinski definition) is 2. The Kier molecular flexibility index (Phi) is 4.27. The van der Waals surface area contributed by atoms with Gasteiger partial charge in [0.05, 0.1) is 0 Å². The maximum atomic E-state index is 11.5. The minimum absolute atomic E-state index is 0.240. The minimum atomic E-state index is -0.489. The van der Waals surface area contributed by atoms with E-state index < -0.39 is 5.56 Å². The molecule has 0 bridgehead atoms. The largest absolute Gasteiger partial charge is 0.423 e. The smallest absolute Gasteiger partial charge is 0.284 e. The van der Waals surface area contributed by atoms with Gasteiger partial charge >= 0.3 is 0 Å². The molecule has 1 aliphatic rings. The quantitative estimate of drug-likeness (QED) is 0.834. The Balaban J connectivity index is 1.78. The number of nitrogens with one attached hydrogen (secondary N) is 1. The van der Waals surface area contributed by atoms with Crippen molar-refractivity contribution in [2.45, 2.75) is 51.5 Å². The van der Waals surface area contributed by atoms with Gasteiger partial charge in [0.1, 0.15) is 0 Å². The van der Waals surface area contributed by atoms with Gasteiger partial charge in [0.15, 0.2) is 5.65 Å². The lowest BCUT2D eigenvalue weighted by Gasteiger charge is -2.23. The lowest BCUT2D eigenvalue weighted by Crippen LogP contribution is -2.24. The summed E-state index contributed by atoms with van der Waals surface area (Å²) < 4.78 is 0.571. The van der Waals surface area contributed by atoms with Gasteiger partial charge in [-0.2, -0.15) is 4.98 Å². The van der Waals surface area contributed by atoms with Crippen LogP contribution in [-0.4, -0.2) is 25.9 Å². The summed E-state index contributed by atoms with van der Waals surface area (Å²) in [5.74, 6) is 1.29. The predicted molar refractivity (Wildman–Crippen MR) is 85.3 cm³/mol. The van der Waals surface area contributed by atoms with Crippen LogP contribution in [-0.2, 0) is 0 Å². The number of rotatable bonds is 2. The lowest BCUT2D eigenvalue weighted by molar-refractivity contribution is 0.186. The molecule has 0 spiro atoms. The van der Waals surface area contributed by atoms with Crippen LogP contribution in [0.3, 0.4) is 0 Å². The van der Waals surface area contributed by atoms with Crippen molar-refractivity contribution in [2.24, 2.45) is 5.92 Å². The van der Waals surface area contributed by atoms with Crippen molar-refractivity contribution in [3.63, 3.8) is 0 Å². The maximum absolute atomic E-state index is 11.5. The first-order valence-corrected chi connectivity index (χ1v) is 7.98. The highest BCUT2D eigenvalue weighted by molar-refractivity contribution is 5.74. The van der Waals surface area contributed by atoms with Crippen LogP contribution < -0.4 is 10.9 Å². The van der Waals surface area contributed by atoms with E-state index in [4.69, 9.17) is 0 Å². The zero-order valence-corrected chi connectivity index (χ0v) is 12.8. The second kappa shape index (κ2) is 6.34. The highest BCUT2D eigenvalue weighted by atomic mass is 16.5. The molecule has 22 heavy (non-hydrogen) atoms.